The first-order valence-corrected chi connectivity index (χ1v) is 7.00. The van der Waals surface area contributed by atoms with Crippen LogP contribution in [0.5, 0.6) is 0 Å². The summed E-state index contributed by atoms with van der Waals surface area (Å²) in [6, 6.07) is 16.9. The molecule has 0 fully saturated rings. The van der Waals surface area contributed by atoms with Crippen molar-refractivity contribution in [2.75, 3.05) is 0 Å². The van der Waals surface area contributed by atoms with Gasteiger partial charge < -0.3 is 4.98 Å². The second-order valence-electron chi connectivity index (χ2n) is 5.37. The lowest BCUT2D eigenvalue weighted by atomic mass is 10.0. The van der Waals surface area contributed by atoms with Gasteiger partial charge >= 0.3 is 0 Å². The number of H-pyrrole nitrogens is 1. The van der Waals surface area contributed by atoms with E-state index in [1.165, 1.54) is 24.0 Å². The van der Waals surface area contributed by atoms with Crippen molar-refractivity contribution in [3.8, 4) is 17.3 Å². The number of hydrogen-bond acceptors (Lipinski definition) is 1. The molecule has 20 heavy (non-hydrogen) atoms. The van der Waals surface area contributed by atoms with Crippen LogP contribution in [0.3, 0.4) is 0 Å². The Kier molecular flexibility index (Phi) is 2.40. The number of aromatic amines is 1. The molecule has 0 spiro atoms. The summed E-state index contributed by atoms with van der Waals surface area (Å²) < 4.78 is 0. The van der Waals surface area contributed by atoms with E-state index in [1.807, 2.05) is 24.3 Å². The van der Waals surface area contributed by atoms with Crippen molar-refractivity contribution in [1.29, 1.82) is 5.26 Å². The Morgan fingerprint density at radius 2 is 1.85 bits per heavy atom. The van der Waals surface area contributed by atoms with Crippen molar-refractivity contribution in [3.05, 3.63) is 59.2 Å². The first-order chi connectivity index (χ1) is 9.86. The Hall–Kier alpha value is -2.53. The smallest absolute Gasteiger partial charge is 0.102 e. The van der Waals surface area contributed by atoms with Gasteiger partial charge in [-0.15, -0.1) is 0 Å². The fourth-order valence-electron chi connectivity index (χ4n) is 3.20. The molecule has 2 heteroatoms. The maximum absolute atomic E-state index is 9.49. The normalized spacial score (nSPS) is 13.3. The minimum absolute atomic E-state index is 0.749. The molecule has 0 amide bonds. The quantitative estimate of drug-likeness (QED) is 0.698. The number of hydrogen-bond donors (Lipinski definition) is 1. The van der Waals surface area contributed by atoms with Crippen molar-refractivity contribution in [1.82, 2.24) is 4.98 Å². The van der Waals surface area contributed by atoms with E-state index in [0.29, 0.717) is 0 Å². The summed E-state index contributed by atoms with van der Waals surface area (Å²) in [6.07, 6.45) is 3.59. The van der Waals surface area contributed by atoms with Gasteiger partial charge in [-0.3, -0.25) is 0 Å². The zero-order valence-electron chi connectivity index (χ0n) is 11.1. The van der Waals surface area contributed by atoms with Crippen LogP contribution < -0.4 is 0 Å². The molecule has 96 valence electrons. The van der Waals surface area contributed by atoms with Gasteiger partial charge in [-0.25, -0.2) is 0 Å². The van der Waals surface area contributed by atoms with E-state index in [0.717, 1.165) is 34.1 Å². The highest BCUT2D eigenvalue weighted by Crippen LogP contribution is 2.32. The fourth-order valence-corrected chi connectivity index (χ4v) is 3.20. The van der Waals surface area contributed by atoms with Crippen LogP contribution in [0.1, 0.15) is 23.1 Å². The summed E-state index contributed by atoms with van der Waals surface area (Å²) in [5.74, 6) is 0. The number of aromatic nitrogens is 1. The average molecular weight is 258 g/mol. The molecule has 1 N–H and O–H groups in total. The highest BCUT2D eigenvalue weighted by Gasteiger charge is 2.16. The number of aryl methyl sites for hydroxylation is 2. The molecule has 1 aliphatic rings. The SMILES string of the molecule is N#Cc1c(-c2ccc3c(c2)CCC3)[nH]c2ccccc12. The summed E-state index contributed by atoms with van der Waals surface area (Å²) in [5.41, 5.74) is 6.74. The van der Waals surface area contributed by atoms with Crippen molar-refractivity contribution in [2.24, 2.45) is 0 Å². The average Bonchev–Trinajstić information content (AvgIpc) is 3.10. The molecule has 0 aliphatic heterocycles. The van der Waals surface area contributed by atoms with Gasteiger partial charge in [0.1, 0.15) is 6.07 Å². The molecule has 0 radical (unpaired) electrons. The lowest BCUT2D eigenvalue weighted by Gasteiger charge is -2.04. The minimum Gasteiger partial charge on any atom is -0.353 e. The van der Waals surface area contributed by atoms with Crippen LogP contribution in [0.2, 0.25) is 0 Å². The van der Waals surface area contributed by atoms with Crippen LogP contribution in [0.25, 0.3) is 22.2 Å². The molecule has 0 unspecified atom stereocenters. The summed E-state index contributed by atoms with van der Waals surface area (Å²) in [4.78, 5) is 3.40. The molecule has 2 aromatic carbocycles. The molecule has 3 aromatic rings. The standard InChI is InChI=1S/C18H14N2/c19-11-16-15-6-1-2-7-17(15)20-18(16)14-9-8-12-4-3-5-13(12)10-14/h1-2,6-10,20H,3-5H2. The lowest BCUT2D eigenvalue weighted by molar-refractivity contribution is 0.912. The maximum atomic E-state index is 9.49. The third kappa shape index (κ3) is 1.57. The summed E-state index contributed by atoms with van der Waals surface area (Å²) >= 11 is 0. The first kappa shape index (κ1) is 11.3. The predicted octanol–water partition coefficient (Wildman–Crippen LogP) is 4.20. The van der Waals surface area contributed by atoms with Crippen molar-refractivity contribution in [2.45, 2.75) is 19.3 Å². The van der Waals surface area contributed by atoms with Crippen LogP contribution in [-0.2, 0) is 12.8 Å². The van der Waals surface area contributed by atoms with Crippen molar-refractivity contribution >= 4 is 10.9 Å². The number of benzene rings is 2. The number of nitrogens with one attached hydrogen (secondary N) is 1. The zero-order chi connectivity index (χ0) is 13.5. The summed E-state index contributed by atoms with van der Waals surface area (Å²) in [6.45, 7) is 0. The van der Waals surface area contributed by atoms with Gasteiger partial charge in [-0.05, 0) is 48.1 Å². The summed E-state index contributed by atoms with van der Waals surface area (Å²) in [7, 11) is 0. The van der Waals surface area contributed by atoms with Crippen LogP contribution in [0, 0.1) is 11.3 Å². The molecule has 0 saturated carbocycles. The molecule has 4 rings (SSSR count). The van der Waals surface area contributed by atoms with E-state index in [9.17, 15) is 5.26 Å². The van der Waals surface area contributed by atoms with Gasteiger partial charge in [-0.1, -0.05) is 30.3 Å². The highest BCUT2D eigenvalue weighted by molar-refractivity contribution is 5.93. The number of fused-ring (bicyclic) bond motifs is 2. The van der Waals surface area contributed by atoms with Gasteiger partial charge in [0.15, 0.2) is 0 Å². The zero-order valence-corrected chi connectivity index (χ0v) is 11.1. The third-order valence-corrected chi connectivity index (χ3v) is 4.21. The van der Waals surface area contributed by atoms with Crippen LogP contribution in [-0.4, -0.2) is 4.98 Å². The largest absolute Gasteiger partial charge is 0.353 e. The van der Waals surface area contributed by atoms with Gasteiger partial charge in [0.2, 0.25) is 0 Å². The van der Waals surface area contributed by atoms with E-state index in [-0.39, 0.29) is 0 Å². The Balaban J connectivity index is 1.96. The third-order valence-electron chi connectivity index (χ3n) is 4.21. The van der Waals surface area contributed by atoms with Crippen LogP contribution in [0.4, 0.5) is 0 Å². The molecule has 0 saturated heterocycles. The van der Waals surface area contributed by atoms with Gasteiger partial charge in [0.05, 0.1) is 11.3 Å². The second kappa shape index (κ2) is 4.25. The van der Waals surface area contributed by atoms with Crippen molar-refractivity contribution < 1.29 is 0 Å². The number of para-hydroxylation sites is 1. The van der Waals surface area contributed by atoms with E-state index in [1.54, 1.807) is 0 Å². The van der Waals surface area contributed by atoms with Gasteiger partial charge in [-0.2, -0.15) is 5.26 Å². The monoisotopic (exact) mass is 258 g/mol. The maximum Gasteiger partial charge on any atom is 0.102 e. The van der Waals surface area contributed by atoms with Gasteiger partial charge in [0, 0.05) is 10.9 Å². The van der Waals surface area contributed by atoms with Crippen LogP contribution >= 0.6 is 0 Å². The second-order valence-corrected chi connectivity index (χ2v) is 5.37. The minimum atomic E-state index is 0.749. The molecule has 1 aliphatic carbocycles. The molecular weight excluding hydrogens is 244 g/mol. The van der Waals surface area contributed by atoms with E-state index < -0.39 is 0 Å². The first-order valence-electron chi connectivity index (χ1n) is 7.00. The topological polar surface area (TPSA) is 39.6 Å². The Labute approximate surface area is 117 Å². The predicted molar refractivity (Wildman–Crippen MR) is 80.5 cm³/mol. The molecule has 0 atom stereocenters. The molecular formula is C18H14N2. The molecule has 0 bridgehead atoms. The van der Waals surface area contributed by atoms with Gasteiger partial charge in [0.25, 0.3) is 0 Å². The Morgan fingerprint density at radius 1 is 1.00 bits per heavy atom. The van der Waals surface area contributed by atoms with E-state index in [4.69, 9.17) is 0 Å². The summed E-state index contributed by atoms with van der Waals surface area (Å²) in [5, 5.41) is 10.5. The number of rotatable bonds is 1. The number of nitriles is 1. The Morgan fingerprint density at radius 3 is 2.75 bits per heavy atom. The van der Waals surface area contributed by atoms with E-state index in [2.05, 4.69) is 29.3 Å². The Bertz CT molecular complexity index is 849. The molecule has 1 aromatic heterocycles. The fraction of sp³-hybridized carbons (Fsp3) is 0.167. The van der Waals surface area contributed by atoms with Crippen molar-refractivity contribution in [3.63, 3.8) is 0 Å². The molecule has 1 heterocycles. The molecule has 2 nitrogen and oxygen atoms in total. The van der Waals surface area contributed by atoms with Crippen LogP contribution in [0.15, 0.2) is 42.5 Å². The van der Waals surface area contributed by atoms with E-state index >= 15 is 0 Å². The highest BCUT2D eigenvalue weighted by atomic mass is 14.7. The lowest BCUT2D eigenvalue weighted by Crippen LogP contribution is -1.86. The number of nitrogens with zero attached hydrogens (tertiary/aromatic N) is 1.